The predicted molar refractivity (Wildman–Crippen MR) is 39.0 cm³/mol. The van der Waals surface area contributed by atoms with Crippen molar-refractivity contribution in [2.75, 3.05) is 7.05 Å². The summed E-state index contributed by atoms with van der Waals surface area (Å²) in [7, 11) is 1.23. The Morgan fingerprint density at radius 1 is 1.69 bits per heavy atom. The molecular weight excluding hydrogens is 211 g/mol. The van der Waals surface area contributed by atoms with E-state index >= 15 is 0 Å². The molecule has 1 heterocycles. The number of nitrogens with one attached hydrogen (secondary N) is 1. The Morgan fingerprint density at radius 2 is 2.23 bits per heavy atom. The maximum atomic E-state index is 12.4. The Hall–Kier alpha value is -0.820. The zero-order valence-corrected chi connectivity index (χ0v) is 7.15. The van der Waals surface area contributed by atoms with Crippen LogP contribution in [0.2, 0.25) is 0 Å². The van der Waals surface area contributed by atoms with Gasteiger partial charge in [0.2, 0.25) is 5.54 Å². The smallest absolute Gasteiger partial charge is 0.278 e. The van der Waals surface area contributed by atoms with Gasteiger partial charge in [0.05, 0.1) is 6.21 Å². The molecule has 8 heteroatoms. The lowest BCUT2D eigenvalue weighted by molar-refractivity contribution is -0.181. The third-order valence-corrected chi connectivity index (χ3v) is 1.82. The number of carbonyl (C=O) groups is 1. The number of hydrazine groups is 1. The van der Waals surface area contributed by atoms with Crippen LogP contribution >= 0.6 is 11.6 Å². The summed E-state index contributed by atoms with van der Waals surface area (Å²) >= 11 is 4.85. The highest BCUT2D eigenvalue weighted by Gasteiger charge is 2.62. The van der Waals surface area contributed by atoms with Gasteiger partial charge in [-0.25, -0.2) is 5.12 Å². The summed E-state index contributed by atoms with van der Waals surface area (Å²) in [5.41, 5.74) is -1.07. The second-order valence-corrected chi connectivity index (χ2v) is 2.80. The molecule has 0 aromatic rings. The van der Waals surface area contributed by atoms with E-state index in [0.29, 0.717) is 6.21 Å². The van der Waals surface area contributed by atoms with Gasteiger partial charge in [-0.2, -0.15) is 23.7 Å². The van der Waals surface area contributed by atoms with Crippen molar-refractivity contribution in [2.45, 2.75) is 11.7 Å². The fraction of sp³-hybridized carbons (Fsp3) is 0.600. The van der Waals surface area contributed by atoms with E-state index in [1.807, 2.05) is 5.43 Å². The number of nitrogens with zero attached hydrogens (tertiary/aromatic N) is 2. The van der Waals surface area contributed by atoms with Gasteiger partial charge in [-0.15, -0.1) is 0 Å². The van der Waals surface area contributed by atoms with Crippen molar-refractivity contribution in [1.29, 1.82) is 0 Å². The average Bonchev–Trinajstić information content (AvgIpc) is 2.30. The van der Waals surface area contributed by atoms with Gasteiger partial charge in [-0.05, 0) is 11.6 Å². The molecule has 0 aromatic carbocycles. The molecular formula is C5H5ClF3N3O. The van der Waals surface area contributed by atoms with Crippen LogP contribution in [0, 0.1) is 0 Å². The fourth-order valence-electron chi connectivity index (χ4n) is 0.829. The first-order valence-electron chi connectivity index (χ1n) is 3.13. The van der Waals surface area contributed by atoms with Crippen LogP contribution in [0.25, 0.3) is 0 Å². The molecule has 0 saturated heterocycles. The summed E-state index contributed by atoms with van der Waals surface area (Å²) in [6.07, 6.45) is -4.37. The fourth-order valence-corrected chi connectivity index (χ4v) is 1.03. The van der Waals surface area contributed by atoms with Crippen LogP contribution in [-0.4, -0.2) is 35.3 Å². The highest BCUT2D eigenvalue weighted by molar-refractivity contribution is 6.67. The van der Waals surface area contributed by atoms with Crippen molar-refractivity contribution < 1.29 is 18.0 Å². The van der Waals surface area contributed by atoms with Crippen molar-refractivity contribution in [3.8, 4) is 0 Å². The van der Waals surface area contributed by atoms with E-state index in [0.717, 1.165) is 5.12 Å². The quantitative estimate of drug-likeness (QED) is 0.648. The number of alkyl halides is 3. The Labute approximate surface area is 76.3 Å². The van der Waals surface area contributed by atoms with Crippen LogP contribution in [0.1, 0.15) is 0 Å². The second kappa shape index (κ2) is 2.85. The molecule has 1 aliphatic rings. The lowest BCUT2D eigenvalue weighted by Gasteiger charge is -2.26. The number of hydrogen-bond donors (Lipinski definition) is 1. The van der Waals surface area contributed by atoms with Crippen molar-refractivity contribution in [3.05, 3.63) is 0 Å². The van der Waals surface area contributed by atoms with Crippen molar-refractivity contribution in [2.24, 2.45) is 5.10 Å². The standard InChI is InChI=1S/C5H5ClF3N3O/c1-12-10-2-4(11-12,3(6)13)5(7,8)9/h2,11H,1H3. The van der Waals surface area contributed by atoms with E-state index in [1.165, 1.54) is 7.05 Å². The second-order valence-electron chi connectivity index (χ2n) is 2.46. The molecule has 1 N–H and O–H groups in total. The summed E-state index contributed by atoms with van der Waals surface area (Å²) < 4.78 is 37.1. The molecule has 0 aromatic heterocycles. The van der Waals surface area contributed by atoms with E-state index in [4.69, 9.17) is 11.6 Å². The van der Waals surface area contributed by atoms with Gasteiger partial charge >= 0.3 is 6.18 Å². The van der Waals surface area contributed by atoms with Gasteiger partial charge < -0.3 is 0 Å². The molecule has 1 unspecified atom stereocenters. The van der Waals surface area contributed by atoms with E-state index < -0.39 is 17.0 Å². The summed E-state index contributed by atoms with van der Waals surface area (Å²) in [4.78, 5) is 10.6. The zero-order valence-electron chi connectivity index (χ0n) is 6.39. The van der Waals surface area contributed by atoms with Crippen molar-refractivity contribution in [1.82, 2.24) is 10.5 Å². The molecule has 1 rings (SSSR count). The van der Waals surface area contributed by atoms with Gasteiger partial charge in [-0.1, -0.05) is 0 Å². The van der Waals surface area contributed by atoms with E-state index in [9.17, 15) is 18.0 Å². The number of carbonyl (C=O) groups excluding carboxylic acids is 1. The van der Waals surface area contributed by atoms with Gasteiger partial charge in [0.25, 0.3) is 5.24 Å². The molecule has 13 heavy (non-hydrogen) atoms. The van der Waals surface area contributed by atoms with Crippen LogP contribution in [0.15, 0.2) is 5.10 Å². The van der Waals surface area contributed by atoms with Crippen molar-refractivity contribution >= 4 is 23.1 Å². The largest absolute Gasteiger partial charge is 0.422 e. The maximum Gasteiger partial charge on any atom is 0.422 e. The summed E-state index contributed by atoms with van der Waals surface area (Å²) in [5, 5.41) is 2.46. The first-order valence-corrected chi connectivity index (χ1v) is 3.51. The van der Waals surface area contributed by atoms with Crippen LogP contribution < -0.4 is 5.43 Å². The number of rotatable bonds is 1. The monoisotopic (exact) mass is 215 g/mol. The van der Waals surface area contributed by atoms with Crippen LogP contribution in [0.4, 0.5) is 13.2 Å². The molecule has 4 nitrogen and oxygen atoms in total. The maximum absolute atomic E-state index is 12.4. The lowest BCUT2D eigenvalue weighted by Crippen LogP contribution is -2.61. The lowest BCUT2D eigenvalue weighted by atomic mass is 10.0. The summed E-state index contributed by atoms with van der Waals surface area (Å²) in [6, 6.07) is 0. The van der Waals surface area contributed by atoms with Crippen molar-refractivity contribution in [3.63, 3.8) is 0 Å². The van der Waals surface area contributed by atoms with Crippen LogP contribution in [0.3, 0.4) is 0 Å². The molecule has 0 fully saturated rings. The molecule has 0 bridgehead atoms. The normalized spacial score (nSPS) is 28.2. The summed E-state index contributed by atoms with van der Waals surface area (Å²) in [5.74, 6) is 0. The topological polar surface area (TPSA) is 44.7 Å². The van der Waals surface area contributed by atoms with E-state index in [-0.39, 0.29) is 0 Å². The molecule has 0 aliphatic carbocycles. The first-order chi connectivity index (χ1) is 5.79. The minimum absolute atomic E-state index is 0.433. The third-order valence-electron chi connectivity index (χ3n) is 1.52. The average molecular weight is 216 g/mol. The van der Waals surface area contributed by atoms with Crippen LogP contribution in [-0.2, 0) is 4.79 Å². The zero-order chi connectivity index (χ0) is 10.3. The Kier molecular flexibility index (Phi) is 2.25. The Balaban J connectivity index is 3.06. The third kappa shape index (κ3) is 1.49. The summed E-state index contributed by atoms with van der Waals surface area (Å²) in [6.45, 7) is 0. The molecule has 0 spiro atoms. The minimum atomic E-state index is -4.81. The Bertz CT molecular complexity index is 266. The molecule has 74 valence electrons. The molecule has 0 saturated carbocycles. The molecule has 0 amide bonds. The molecule has 1 atom stereocenters. The highest BCUT2D eigenvalue weighted by Crippen LogP contribution is 2.33. The van der Waals surface area contributed by atoms with E-state index in [2.05, 4.69) is 5.10 Å². The van der Waals surface area contributed by atoms with Gasteiger partial charge in [0.1, 0.15) is 0 Å². The number of halogens is 4. The van der Waals surface area contributed by atoms with Gasteiger partial charge in [-0.3, -0.25) is 4.79 Å². The van der Waals surface area contributed by atoms with E-state index in [1.54, 1.807) is 0 Å². The van der Waals surface area contributed by atoms with Gasteiger partial charge in [0.15, 0.2) is 0 Å². The van der Waals surface area contributed by atoms with Gasteiger partial charge in [0, 0.05) is 7.05 Å². The number of hydrogen-bond acceptors (Lipinski definition) is 4. The van der Waals surface area contributed by atoms with Crippen LogP contribution in [0.5, 0.6) is 0 Å². The highest BCUT2D eigenvalue weighted by atomic mass is 35.5. The number of hydrazone groups is 1. The first kappa shape index (κ1) is 10.3. The minimum Gasteiger partial charge on any atom is -0.278 e. The SMILES string of the molecule is CN1N=CC(C(=O)Cl)(C(F)(F)F)N1. The molecule has 0 radical (unpaired) electrons. The Morgan fingerprint density at radius 3 is 2.38 bits per heavy atom. The molecule has 1 aliphatic heterocycles. The predicted octanol–water partition coefficient (Wildman–Crippen LogP) is 0.489.